The number of carbonyl (C=O) groups excluding carboxylic acids is 1. The zero-order valence-corrected chi connectivity index (χ0v) is 12.6. The van der Waals surface area contributed by atoms with Gasteiger partial charge in [0, 0.05) is 38.8 Å². The largest absolute Gasteiger partial charge is 0.377 e. The van der Waals surface area contributed by atoms with Gasteiger partial charge in [-0.2, -0.15) is 0 Å². The number of ether oxygens (including phenoxy) is 1. The smallest absolute Gasteiger partial charge is 0.241 e. The number of amides is 1. The van der Waals surface area contributed by atoms with E-state index in [9.17, 15) is 4.79 Å². The fourth-order valence-corrected chi connectivity index (χ4v) is 3.33. The summed E-state index contributed by atoms with van der Waals surface area (Å²) in [7, 11) is 3.80. The normalized spacial score (nSPS) is 32.0. The van der Waals surface area contributed by atoms with Crippen LogP contribution in [0.4, 0.5) is 0 Å². The highest BCUT2D eigenvalue weighted by molar-refractivity contribution is 5.83. The van der Waals surface area contributed by atoms with E-state index in [0.29, 0.717) is 6.54 Å². The van der Waals surface area contributed by atoms with E-state index >= 15 is 0 Å². The molecule has 0 saturated carbocycles. The van der Waals surface area contributed by atoms with Crippen molar-refractivity contribution < 1.29 is 9.53 Å². The summed E-state index contributed by atoms with van der Waals surface area (Å²) in [5.74, 6) is 0.215. The molecule has 19 heavy (non-hydrogen) atoms. The number of carbonyl (C=O) groups is 1. The first kappa shape index (κ1) is 14.8. The summed E-state index contributed by atoms with van der Waals surface area (Å²) >= 11 is 0. The van der Waals surface area contributed by atoms with E-state index in [1.807, 2.05) is 19.0 Å². The zero-order chi connectivity index (χ0) is 14.0. The fourth-order valence-electron chi connectivity index (χ4n) is 3.33. The summed E-state index contributed by atoms with van der Waals surface area (Å²) in [6.07, 6.45) is 2.54. The minimum absolute atomic E-state index is 0.00384. The van der Waals surface area contributed by atoms with Gasteiger partial charge in [0.25, 0.3) is 0 Å². The molecule has 1 N–H and O–H groups in total. The van der Waals surface area contributed by atoms with Crippen molar-refractivity contribution in [1.82, 2.24) is 15.1 Å². The average Bonchev–Trinajstić information content (AvgIpc) is 2.83. The molecule has 2 aliphatic rings. The van der Waals surface area contributed by atoms with Crippen molar-refractivity contribution in [2.45, 2.75) is 44.4 Å². The van der Waals surface area contributed by atoms with Crippen LogP contribution in [0.15, 0.2) is 0 Å². The van der Waals surface area contributed by atoms with Gasteiger partial charge in [-0.1, -0.05) is 0 Å². The van der Waals surface area contributed by atoms with Crippen LogP contribution in [0.25, 0.3) is 0 Å². The van der Waals surface area contributed by atoms with Crippen LogP contribution in [0.1, 0.15) is 26.7 Å². The van der Waals surface area contributed by atoms with E-state index < -0.39 is 0 Å². The summed E-state index contributed by atoms with van der Waals surface area (Å²) in [6, 6.07) is -0.0806. The van der Waals surface area contributed by atoms with Crippen molar-refractivity contribution in [3.05, 3.63) is 0 Å². The van der Waals surface area contributed by atoms with Crippen LogP contribution in [0.2, 0.25) is 0 Å². The number of nitrogens with zero attached hydrogens (tertiary/aromatic N) is 2. The van der Waals surface area contributed by atoms with E-state index in [0.717, 1.165) is 32.5 Å². The van der Waals surface area contributed by atoms with Crippen molar-refractivity contribution in [2.75, 3.05) is 40.3 Å². The lowest BCUT2D eigenvalue weighted by molar-refractivity contribution is -0.149. The zero-order valence-electron chi connectivity index (χ0n) is 12.6. The van der Waals surface area contributed by atoms with Gasteiger partial charge in [-0.05, 0) is 33.7 Å². The van der Waals surface area contributed by atoms with E-state index in [2.05, 4.69) is 24.1 Å². The lowest BCUT2D eigenvalue weighted by Crippen LogP contribution is -2.68. The molecule has 5 nitrogen and oxygen atoms in total. The van der Waals surface area contributed by atoms with Gasteiger partial charge < -0.3 is 15.0 Å². The maximum Gasteiger partial charge on any atom is 0.241 e. The van der Waals surface area contributed by atoms with Gasteiger partial charge >= 0.3 is 0 Å². The topological polar surface area (TPSA) is 44.8 Å². The Morgan fingerprint density at radius 3 is 2.79 bits per heavy atom. The Hall–Kier alpha value is -0.650. The Kier molecular flexibility index (Phi) is 4.48. The summed E-state index contributed by atoms with van der Waals surface area (Å²) in [4.78, 5) is 16.6. The van der Waals surface area contributed by atoms with Gasteiger partial charge in [0.2, 0.25) is 5.91 Å². The van der Waals surface area contributed by atoms with Crippen molar-refractivity contribution in [3.8, 4) is 0 Å². The third kappa shape index (κ3) is 3.09. The number of hydrogen-bond donors (Lipinski definition) is 1. The molecule has 0 aliphatic carbocycles. The average molecular weight is 269 g/mol. The van der Waals surface area contributed by atoms with Gasteiger partial charge in [-0.15, -0.1) is 0 Å². The van der Waals surface area contributed by atoms with Crippen LogP contribution >= 0.6 is 0 Å². The molecule has 2 saturated heterocycles. The molecule has 2 heterocycles. The first-order valence-corrected chi connectivity index (χ1v) is 7.23. The van der Waals surface area contributed by atoms with Crippen LogP contribution < -0.4 is 5.32 Å². The van der Waals surface area contributed by atoms with Crippen LogP contribution in [0.5, 0.6) is 0 Å². The fraction of sp³-hybridized carbons (Fsp3) is 0.929. The van der Waals surface area contributed by atoms with Crippen LogP contribution in [-0.2, 0) is 9.53 Å². The quantitative estimate of drug-likeness (QED) is 0.797. The van der Waals surface area contributed by atoms with Gasteiger partial charge in [0.05, 0.1) is 6.10 Å². The highest BCUT2D eigenvalue weighted by atomic mass is 16.5. The summed E-state index contributed by atoms with van der Waals surface area (Å²) < 4.78 is 5.75. The van der Waals surface area contributed by atoms with Gasteiger partial charge in [-0.25, -0.2) is 0 Å². The third-order valence-electron chi connectivity index (χ3n) is 4.26. The van der Waals surface area contributed by atoms with E-state index in [1.54, 1.807) is 0 Å². The molecule has 0 aromatic carbocycles. The molecule has 2 fully saturated rings. The molecule has 0 radical (unpaired) electrons. The lowest BCUT2D eigenvalue weighted by atomic mass is 9.93. The molecule has 0 bridgehead atoms. The van der Waals surface area contributed by atoms with Crippen LogP contribution in [-0.4, -0.2) is 73.7 Å². The van der Waals surface area contributed by atoms with Gasteiger partial charge in [0.15, 0.2) is 0 Å². The predicted octanol–water partition coefficient (Wildman–Crippen LogP) is 0.306. The molecule has 110 valence electrons. The summed E-state index contributed by atoms with van der Waals surface area (Å²) in [5, 5.41) is 3.15. The van der Waals surface area contributed by atoms with Crippen molar-refractivity contribution in [1.29, 1.82) is 0 Å². The Balaban J connectivity index is 2.14. The second-order valence-corrected chi connectivity index (χ2v) is 6.37. The molecule has 0 aromatic heterocycles. The number of likely N-dealkylation sites (N-methyl/N-ethyl adjacent to an activating group) is 2. The Bertz CT molecular complexity index is 327. The number of rotatable bonds is 4. The minimum Gasteiger partial charge on any atom is -0.377 e. The SMILES string of the molecule is CNCC1C(=O)N(C)CC(C)(C)N1CC1CCCO1. The number of hydrogen-bond acceptors (Lipinski definition) is 4. The second-order valence-electron chi connectivity index (χ2n) is 6.37. The summed E-state index contributed by atoms with van der Waals surface area (Å²) in [6.45, 7) is 7.63. The highest BCUT2D eigenvalue weighted by Crippen LogP contribution is 2.27. The third-order valence-corrected chi connectivity index (χ3v) is 4.26. The number of nitrogens with one attached hydrogen (secondary N) is 1. The minimum atomic E-state index is -0.0806. The maximum atomic E-state index is 12.4. The maximum absolute atomic E-state index is 12.4. The first-order valence-electron chi connectivity index (χ1n) is 7.23. The lowest BCUT2D eigenvalue weighted by Gasteiger charge is -2.50. The molecule has 0 aromatic rings. The van der Waals surface area contributed by atoms with E-state index in [-0.39, 0.29) is 23.6 Å². The Morgan fingerprint density at radius 2 is 2.21 bits per heavy atom. The van der Waals surface area contributed by atoms with Crippen LogP contribution in [0, 0.1) is 0 Å². The highest BCUT2D eigenvalue weighted by Gasteiger charge is 2.44. The molecule has 2 atom stereocenters. The van der Waals surface area contributed by atoms with E-state index in [1.165, 1.54) is 0 Å². The Morgan fingerprint density at radius 1 is 1.47 bits per heavy atom. The molecule has 5 heteroatoms. The monoisotopic (exact) mass is 269 g/mol. The molecule has 2 aliphatic heterocycles. The standard InChI is InChI=1S/C14H27N3O2/c1-14(2)10-16(4)13(18)12(8-15-3)17(14)9-11-6-5-7-19-11/h11-12,15H,5-10H2,1-4H3. The van der Waals surface area contributed by atoms with Gasteiger partial charge in [-0.3, -0.25) is 9.69 Å². The molecule has 0 spiro atoms. The molecule has 2 rings (SSSR count). The van der Waals surface area contributed by atoms with Gasteiger partial charge in [0.1, 0.15) is 6.04 Å². The van der Waals surface area contributed by atoms with Crippen molar-refractivity contribution >= 4 is 5.91 Å². The Labute approximate surface area is 116 Å². The molecular weight excluding hydrogens is 242 g/mol. The van der Waals surface area contributed by atoms with Crippen molar-refractivity contribution in [3.63, 3.8) is 0 Å². The number of piperazine rings is 1. The summed E-state index contributed by atoms with van der Waals surface area (Å²) in [5.41, 5.74) is -0.00384. The van der Waals surface area contributed by atoms with Crippen LogP contribution in [0.3, 0.4) is 0 Å². The second kappa shape index (κ2) is 5.77. The molecule has 2 unspecified atom stereocenters. The van der Waals surface area contributed by atoms with E-state index in [4.69, 9.17) is 4.74 Å². The molecule has 1 amide bonds. The first-order chi connectivity index (χ1) is 8.95. The van der Waals surface area contributed by atoms with Crippen molar-refractivity contribution in [2.24, 2.45) is 0 Å². The predicted molar refractivity (Wildman–Crippen MR) is 75.1 cm³/mol. The molecular formula is C14H27N3O2.